The van der Waals surface area contributed by atoms with E-state index in [4.69, 9.17) is 10.8 Å². The van der Waals surface area contributed by atoms with E-state index in [-0.39, 0.29) is 11.3 Å². The number of rotatable bonds is 2. The number of aliphatic carboxylic acids is 1. The maximum Gasteiger partial charge on any atom is 0.307 e. The first-order chi connectivity index (χ1) is 6.21. The zero-order chi connectivity index (χ0) is 9.22. The van der Waals surface area contributed by atoms with Crippen molar-refractivity contribution >= 4 is 5.97 Å². The lowest BCUT2D eigenvalue weighted by Gasteiger charge is -2.18. The smallest absolute Gasteiger partial charge is 0.307 e. The van der Waals surface area contributed by atoms with Gasteiger partial charge in [0, 0.05) is 5.41 Å². The van der Waals surface area contributed by atoms with Gasteiger partial charge in [0.2, 0.25) is 0 Å². The molecule has 3 aliphatic carbocycles. The number of allylic oxidation sites excluding steroid dienone is 2. The molecule has 0 radical (unpaired) electrons. The third-order valence-electron chi connectivity index (χ3n) is 4.34. The summed E-state index contributed by atoms with van der Waals surface area (Å²) in [5.74, 6) is 0.512. The first-order valence-corrected chi connectivity index (χ1v) is 4.83. The van der Waals surface area contributed by atoms with Gasteiger partial charge in [0.25, 0.3) is 0 Å². The lowest BCUT2D eigenvalue weighted by atomic mass is 9.88. The Balaban J connectivity index is 1.99. The molecule has 3 aliphatic rings. The van der Waals surface area contributed by atoms with E-state index in [2.05, 4.69) is 12.2 Å². The quantitative estimate of drug-likeness (QED) is 0.605. The highest BCUT2D eigenvalue weighted by Gasteiger charge is 2.77. The molecule has 0 saturated heterocycles. The molecule has 3 heteroatoms. The minimum Gasteiger partial charge on any atom is -0.481 e. The van der Waals surface area contributed by atoms with E-state index in [9.17, 15) is 4.79 Å². The predicted molar refractivity (Wildman–Crippen MR) is 46.8 cm³/mol. The molecular formula is C10H13NO2. The Morgan fingerprint density at radius 3 is 2.92 bits per heavy atom. The van der Waals surface area contributed by atoms with Crippen molar-refractivity contribution < 1.29 is 9.90 Å². The molecule has 70 valence electrons. The number of carbonyl (C=O) groups is 1. The summed E-state index contributed by atoms with van der Waals surface area (Å²) < 4.78 is 0. The molecule has 3 N–H and O–H groups in total. The van der Waals surface area contributed by atoms with Crippen molar-refractivity contribution in [1.82, 2.24) is 0 Å². The van der Waals surface area contributed by atoms with Crippen LogP contribution in [-0.4, -0.2) is 17.6 Å². The van der Waals surface area contributed by atoms with Crippen molar-refractivity contribution in [3.8, 4) is 0 Å². The van der Waals surface area contributed by atoms with Crippen molar-refractivity contribution in [3.05, 3.63) is 12.2 Å². The highest BCUT2D eigenvalue weighted by atomic mass is 16.4. The Labute approximate surface area is 76.6 Å². The van der Waals surface area contributed by atoms with Crippen LogP contribution in [0.15, 0.2) is 12.2 Å². The van der Waals surface area contributed by atoms with E-state index in [0.29, 0.717) is 24.3 Å². The second kappa shape index (κ2) is 1.98. The first-order valence-electron chi connectivity index (χ1n) is 4.83. The van der Waals surface area contributed by atoms with Crippen LogP contribution in [0.3, 0.4) is 0 Å². The average Bonchev–Trinajstić information content (AvgIpc) is 2.45. The number of carboxylic acid groups (broad SMARTS) is 1. The average molecular weight is 179 g/mol. The van der Waals surface area contributed by atoms with Crippen LogP contribution >= 0.6 is 0 Å². The summed E-state index contributed by atoms with van der Waals surface area (Å²) in [7, 11) is 0. The molecule has 3 nitrogen and oxygen atoms in total. The third-order valence-corrected chi connectivity index (χ3v) is 4.34. The summed E-state index contributed by atoms with van der Waals surface area (Å²) >= 11 is 0. The maximum atomic E-state index is 11.0. The normalized spacial score (nSPS) is 55.2. The molecule has 0 aliphatic heterocycles. The third kappa shape index (κ3) is 0.612. The van der Waals surface area contributed by atoms with Crippen molar-refractivity contribution in [2.45, 2.75) is 6.42 Å². The van der Waals surface area contributed by atoms with Gasteiger partial charge < -0.3 is 10.8 Å². The van der Waals surface area contributed by atoms with E-state index < -0.39 is 5.97 Å². The fourth-order valence-electron chi connectivity index (χ4n) is 3.80. The van der Waals surface area contributed by atoms with E-state index >= 15 is 0 Å². The minimum absolute atomic E-state index is 0.0503. The van der Waals surface area contributed by atoms with Gasteiger partial charge >= 0.3 is 5.97 Å². The van der Waals surface area contributed by atoms with Crippen LogP contribution in [0.1, 0.15) is 6.42 Å². The van der Waals surface area contributed by atoms with Gasteiger partial charge in [-0.3, -0.25) is 4.79 Å². The number of hydrogen-bond donors (Lipinski definition) is 2. The second-order valence-corrected chi connectivity index (χ2v) is 4.55. The number of fused-ring (bicyclic) bond motifs is 5. The van der Waals surface area contributed by atoms with Gasteiger partial charge in [0.1, 0.15) is 0 Å². The van der Waals surface area contributed by atoms with E-state index in [1.807, 2.05) is 0 Å². The molecule has 0 aromatic heterocycles. The Morgan fingerprint density at radius 2 is 2.38 bits per heavy atom. The number of nitrogens with two attached hydrogens (primary N) is 1. The Hall–Kier alpha value is -0.830. The van der Waals surface area contributed by atoms with Gasteiger partial charge in [0.15, 0.2) is 0 Å². The van der Waals surface area contributed by atoms with Crippen LogP contribution in [0.25, 0.3) is 0 Å². The molecule has 13 heavy (non-hydrogen) atoms. The fraction of sp³-hybridized carbons (Fsp3) is 0.700. The van der Waals surface area contributed by atoms with Crippen molar-refractivity contribution in [2.24, 2.45) is 34.8 Å². The van der Waals surface area contributed by atoms with Gasteiger partial charge in [-0.15, -0.1) is 0 Å². The van der Waals surface area contributed by atoms with Crippen LogP contribution < -0.4 is 5.73 Å². The van der Waals surface area contributed by atoms with Gasteiger partial charge in [-0.25, -0.2) is 0 Å². The van der Waals surface area contributed by atoms with Crippen LogP contribution in [0.4, 0.5) is 0 Å². The van der Waals surface area contributed by atoms with E-state index in [0.717, 1.165) is 6.42 Å². The molecule has 0 spiro atoms. The number of carboxylic acids is 1. The summed E-state index contributed by atoms with van der Waals surface area (Å²) in [5.41, 5.74) is 5.68. The van der Waals surface area contributed by atoms with E-state index in [1.54, 1.807) is 0 Å². The molecule has 0 amide bonds. The molecule has 5 atom stereocenters. The molecule has 2 saturated carbocycles. The molecule has 0 heterocycles. The summed E-state index contributed by atoms with van der Waals surface area (Å²) in [6.07, 6.45) is 5.51. The standard InChI is InChI=1S/C10H13NO2/c11-4-10-6-2-1-5(3-6)7(10)8(10)9(12)13/h1-2,5-8H,3-4,11H2,(H,12,13)/t5-,6+,7?,8-,10+/m1/s1. The highest BCUT2D eigenvalue weighted by Crippen LogP contribution is 2.75. The molecular weight excluding hydrogens is 166 g/mol. The summed E-state index contributed by atoms with van der Waals surface area (Å²) in [4.78, 5) is 11.0. The van der Waals surface area contributed by atoms with Gasteiger partial charge in [-0.05, 0) is 30.7 Å². The minimum atomic E-state index is -0.645. The predicted octanol–water partition coefficient (Wildman–Crippen LogP) is 0.468. The zero-order valence-electron chi connectivity index (χ0n) is 7.31. The van der Waals surface area contributed by atoms with Gasteiger partial charge in [-0.1, -0.05) is 12.2 Å². The maximum absolute atomic E-state index is 11.0. The van der Waals surface area contributed by atoms with Crippen LogP contribution in [-0.2, 0) is 4.79 Å². The zero-order valence-corrected chi connectivity index (χ0v) is 7.31. The summed E-state index contributed by atoms with van der Waals surface area (Å²) in [6, 6.07) is 0. The molecule has 0 aromatic rings. The largest absolute Gasteiger partial charge is 0.481 e. The second-order valence-electron chi connectivity index (χ2n) is 4.55. The molecule has 2 bridgehead atoms. The topological polar surface area (TPSA) is 63.3 Å². The lowest BCUT2D eigenvalue weighted by molar-refractivity contribution is -0.140. The number of hydrogen-bond acceptors (Lipinski definition) is 2. The molecule has 0 aromatic carbocycles. The van der Waals surface area contributed by atoms with Crippen LogP contribution in [0.5, 0.6) is 0 Å². The van der Waals surface area contributed by atoms with Gasteiger partial charge in [0.05, 0.1) is 5.92 Å². The van der Waals surface area contributed by atoms with Crippen LogP contribution in [0, 0.1) is 29.1 Å². The fourth-order valence-corrected chi connectivity index (χ4v) is 3.80. The Bertz CT molecular complexity index is 312. The van der Waals surface area contributed by atoms with Gasteiger partial charge in [-0.2, -0.15) is 0 Å². The molecule has 1 unspecified atom stereocenters. The van der Waals surface area contributed by atoms with E-state index in [1.165, 1.54) is 0 Å². The van der Waals surface area contributed by atoms with Crippen molar-refractivity contribution in [2.75, 3.05) is 6.54 Å². The SMILES string of the molecule is NC[C@@]12C([C@@H]3C=C[C@H]1C3)[C@@H]2C(=O)O. The summed E-state index contributed by atoms with van der Waals surface area (Å²) in [5, 5.41) is 9.04. The Morgan fingerprint density at radius 1 is 1.62 bits per heavy atom. The monoisotopic (exact) mass is 179 g/mol. The van der Waals surface area contributed by atoms with Crippen LogP contribution in [0.2, 0.25) is 0 Å². The molecule has 2 fully saturated rings. The summed E-state index contributed by atoms with van der Waals surface area (Å²) in [6.45, 7) is 0.542. The first kappa shape index (κ1) is 7.56. The lowest BCUT2D eigenvalue weighted by Crippen LogP contribution is -2.26. The highest BCUT2D eigenvalue weighted by molar-refractivity contribution is 5.77. The molecule has 3 rings (SSSR count). The Kier molecular flexibility index (Phi) is 1.15. The van der Waals surface area contributed by atoms with Crippen molar-refractivity contribution in [3.63, 3.8) is 0 Å². The van der Waals surface area contributed by atoms with Crippen molar-refractivity contribution in [1.29, 1.82) is 0 Å².